The largest absolute Gasteiger partial charge is 0.673 e. The quantitative estimate of drug-likeness (QED) is 0.137. The number of hydrogen-bond donors (Lipinski definition) is 0. The summed E-state index contributed by atoms with van der Waals surface area (Å²) in [5.74, 6) is -0.622. The van der Waals surface area contributed by atoms with Crippen LogP contribution in [0.1, 0.15) is 59.3 Å². The van der Waals surface area contributed by atoms with Gasteiger partial charge in [-0.1, -0.05) is 0 Å². The van der Waals surface area contributed by atoms with E-state index in [-0.39, 0.29) is 41.9 Å². The number of unbranched alkanes of at least 4 members (excludes halogenated alkanes) is 3. The molecule has 12 heteroatoms. The normalized spacial score (nSPS) is 14.9. The second-order valence-electron chi connectivity index (χ2n) is 7.13. The Balaban J connectivity index is 0.00000161. The minimum absolute atomic E-state index is 0.0413. The molecule has 0 saturated heterocycles. The van der Waals surface area contributed by atoms with Gasteiger partial charge in [0.15, 0.2) is 0 Å². The zero-order valence-corrected chi connectivity index (χ0v) is 23.2. The molecule has 0 aliphatic carbocycles. The Bertz CT molecular complexity index is 550. The number of rotatable bonds is 12. The van der Waals surface area contributed by atoms with Crippen molar-refractivity contribution < 1.29 is 36.3 Å². The molecule has 0 bridgehead atoms. The van der Waals surface area contributed by atoms with Crippen molar-refractivity contribution in [2.75, 3.05) is 32.7 Å². The van der Waals surface area contributed by atoms with Crippen molar-refractivity contribution in [3.63, 3.8) is 0 Å². The van der Waals surface area contributed by atoms with E-state index in [0.29, 0.717) is 12.4 Å². The molecule has 0 saturated carbocycles. The van der Waals surface area contributed by atoms with Gasteiger partial charge in [0.2, 0.25) is 0 Å². The number of ether oxygens (including phenoxy) is 2. The van der Waals surface area contributed by atoms with Crippen LogP contribution in [0.4, 0.5) is 17.3 Å². The van der Waals surface area contributed by atoms with Gasteiger partial charge in [-0.2, -0.15) is 0 Å². The maximum absolute atomic E-state index is 12.3. The number of methoxy groups -OCH3 is 2. The maximum atomic E-state index is 12.3. The number of carbonyl (C=O) groups excluding carboxylic acids is 2. The molecule has 0 radical (unpaired) electrons. The van der Waals surface area contributed by atoms with Crippen molar-refractivity contribution in [2.24, 2.45) is 0 Å². The van der Waals surface area contributed by atoms with Crippen molar-refractivity contribution in [1.29, 1.82) is 0 Å². The Kier molecular flexibility index (Phi) is 15.7. The van der Waals surface area contributed by atoms with Crippen LogP contribution in [-0.4, -0.2) is 85.3 Å². The molecular formula is C19H34BF4O4PSe2. The average Bonchev–Trinajstić information content (AvgIpc) is 3.17. The van der Waals surface area contributed by atoms with Gasteiger partial charge in [-0.05, 0) is 0 Å². The molecule has 1 heterocycles. The van der Waals surface area contributed by atoms with Gasteiger partial charge in [0, 0.05) is 0 Å². The standard InChI is InChI=1S/C19H34O4PSe2.BF4/c1-6-9-12-24(13-10-7-2,14-11-8-3)19-25-15(17(20)22-4)16(26-19)18(21)23-5;2-1(3,4)5/h19H,6-14H2,1-5H3;/q+1;-1. The third-order valence-electron chi connectivity index (χ3n) is 4.70. The van der Waals surface area contributed by atoms with E-state index in [1.54, 1.807) is 0 Å². The van der Waals surface area contributed by atoms with Crippen LogP contribution in [0.25, 0.3) is 0 Å². The molecule has 4 nitrogen and oxygen atoms in total. The monoisotopic (exact) mass is 604 g/mol. The van der Waals surface area contributed by atoms with Gasteiger partial charge in [0.25, 0.3) is 0 Å². The summed E-state index contributed by atoms with van der Waals surface area (Å²) in [7, 11) is -4.35. The van der Waals surface area contributed by atoms with Gasteiger partial charge >= 0.3 is 180 Å². The van der Waals surface area contributed by atoms with E-state index in [0.717, 1.165) is 0 Å². The van der Waals surface area contributed by atoms with Crippen LogP contribution in [0.15, 0.2) is 8.94 Å². The van der Waals surface area contributed by atoms with E-state index in [2.05, 4.69) is 20.8 Å². The summed E-state index contributed by atoms with van der Waals surface area (Å²) in [6.45, 7) is 6.78. The maximum Gasteiger partial charge on any atom is 0.673 e. The molecule has 0 aromatic carbocycles. The topological polar surface area (TPSA) is 52.6 Å². The van der Waals surface area contributed by atoms with Gasteiger partial charge in [-0.25, -0.2) is 0 Å². The molecule has 0 amide bonds. The van der Waals surface area contributed by atoms with E-state index in [1.807, 2.05) is 0 Å². The van der Waals surface area contributed by atoms with E-state index in [9.17, 15) is 26.9 Å². The van der Waals surface area contributed by atoms with Gasteiger partial charge in [-0.15, -0.1) is 0 Å². The van der Waals surface area contributed by atoms with Gasteiger partial charge in [0.1, 0.15) is 0 Å². The summed E-state index contributed by atoms with van der Waals surface area (Å²) in [5.41, 5.74) is 0. The Morgan fingerprint density at radius 1 is 0.806 bits per heavy atom. The predicted octanol–water partition coefficient (Wildman–Crippen LogP) is 4.97. The first-order chi connectivity index (χ1) is 14.5. The van der Waals surface area contributed by atoms with Crippen LogP contribution in [0.2, 0.25) is 0 Å². The summed E-state index contributed by atoms with van der Waals surface area (Å²) in [6, 6.07) is 0. The fraction of sp³-hybridized carbons (Fsp3) is 0.789. The Morgan fingerprint density at radius 3 is 1.32 bits per heavy atom. The average molecular weight is 602 g/mol. The molecule has 182 valence electrons. The minimum Gasteiger partial charge on any atom is -0.418 e. The number of hydrogen-bond acceptors (Lipinski definition) is 4. The summed E-state index contributed by atoms with van der Waals surface area (Å²) < 4.78 is 50.9. The Morgan fingerprint density at radius 2 is 1.10 bits per heavy atom. The summed E-state index contributed by atoms with van der Waals surface area (Å²) in [4.78, 5) is 24.6. The van der Waals surface area contributed by atoms with Crippen molar-refractivity contribution in [3.8, 4) is 0 Å². The first-order valence-electron chi connectivity index (χ1n) is 10.5. The predicted molar refractivity (Wildman–Crippen MR) is 123 cm³/mol. The van der Waals surface area contributed by atoms with Crippen molar-refractivity contribution in [3.05, 3.63) is 8.94 Å². The molecule has 0 unspecified atom stereocenters. The molecule has 1 rings (SSSR count). The zero-order valence-electron chi connectivity index (χ0n) is 18.9. The Hall–Kier alpha value is -0.0661. The molecule has 31 heavy (non-hydrogen) atoms. The molecule has 0 aromatic rings. The molecule has 0 fully saturated rings. The van der Waals surface area contributed by atoms with Gasteiger partial charge < -0.3 is 17.3 Å². The molecule has 1 aliphatic rings. The Labute approximate surface area is 196 Å². The van der Waals surface area contributed by atoms with Crippen molar-refractivity contribution in [1.82, 2.24) is 0 Å². The van der Waals surface area contributed by atoms with Crippen LogP contribution in [0.5, 0.6) is 0 Å². The second kappa shape index (κ2) is 15.7. The van der Waals surface area contributed by atoms with E-state index >= 15 is 0 Å². The summed E-state index contributed by atoms with van der Waals surface area (Å²) >= 11 is 0.0826. The van der Waals surface area contributed by atoms with Crippen LogP contribution < -0.4 is 0 Å². The number of halogens is 4. The molecule has 0 aromatic heterocycles. The first kappa shape index (κ1) is 30.9. The van der Waals surface area contributed by atoms with Crippen LogP contribution in [-0.2, 0) is 19.1 Å². The molecular weight excluding hydrogens is 568 g/mol. The number of carbonyl (C=O) groups is 2. The molecule has 0 spiro atoms. The van der Waals surface area contributed by atoms with Gasteiger partial charge in [-0.3, -0.25) is 0 Å². The fourth-order valence-electron chi connectivity index (χ4n) is 3.09. The second-order valence-corrected chi connectivity index (χ2v) is 19.2. The van der Waals surface area contributed by atoms with E-state index < -0.39 is 14.5 Å². The molecule has 0 N–H and O–H groups in total. The van der Waals surface area contributed by atoms with Crippen LogP contribution in [0.3, 0.4) is 0 Å². The first-order valence-corrected chi connectivity index (χ1v) is 16.6. The van der Waals surface area contributed by atoms with Crippen LogP contribution >= 0.6 is 7.26 Å². The smallest absolute Gasteiger partial charge is 0.418 e. The zero-order chi connectivity index (χ0) is 24.1. The van der Waals surface area contributed by atoms with E-state index in [4.69, 9.17) is 9.47 Å². The van der Waals surface area contributed by atoms with Gasteiger partial charge in [0.05, 0.1) is 0 Å². The SMILES string of the molecule is CCCC[P+](CCCC)(CCCC)C1[Se]C(C(=O)OC)=C(C(=O)OC)[Se]1.F[B-](F)(F)F. The molecule has 0 atom stereocenters. The van der Waals surface area contributed by atoms with E-state index in [1.165, 1.54) is 71.2 Å². The summed E-state index contributed by atoms with van der Waals surface area (Å²) in [6.07, 6.45) is 11.4. The number of esters is 2. The van der Waals surface area contributed by atoms with Crippen LogP contribution in [0, 0.1) is 0 Å². The fourth-order valence-corrected chi connectivity index (χ4v) is 21.7. The molecule has 1 aliphatic heterocycles. The minimum atomic E-state index is -6.00. The van der Waals surface area contributed by atoms with Crippen molar-refractivity contribution >= 4 is 56.4 Å². The van der Waals surface area contributed by atoms with Crippen molar-refractivity contribution in [2.45, 2.75) is 62.8 Å². The third-order valence-corrected chi connectivity index (χ3v) is 22.1. The summed E-state index contributed by atoms with van der Waals surface area (Å²) in [5, 5.41) is 0. The third kappa shape index (κ3) is 11.6.